The van der Waals surface area contributed by atoms with E-state index in [1.165, 1.54) is 0 Å². The van der Waals surface area contributed by atoms with Crippen molar-refractivity contribution in [1.82, 2.24) is 5.32 Å². The van der Waals surface area contributed by atoms with Crippen molar-refractivity contribution in [2.24, 2.45) is 0 Å². The second kappa shape index (κ2) is 8.56. The average molecular weight is 330 g/mol. The Hall–Kier alpha value is -0.580. The number of hydrogen-bond donors (Lipinski definition) is 1. The highest BCUT2D eigenvalue weighted by Gasteiger charge is 2.16. The Morgan fingerprint density at radius 2 is 2.05 bits per heavy atom. The van der Waals surface area contributed by atoms with Gasteiger partial charge in [0.05, 0.1) is 25.9 Å². The Morgan fingerprint density at radius 1 is 1.32 bits per heavy atom. The standard InChI is InChI=1S/C15H24BrNO2/c1-5-8-17-14(10-19-11(2)3)13-7-6-12(16)9-15(13)18-4/h6-7,9,11,14,17H,5,8,10H2,1-4H3. The van der Waals surface area contributed by atoms with E-state index in [4.69, 9.17) is 9.47 Å². The van der Waals surface area contributed by atoms with Gasteiger partial charge in [-0.1, -0.05) is 28.9 Å². The van der Waals surface area contributed by atoms with E-state index in [9.17, 15) is 0 Å². The van der Waals surface area contributed by atoms with Crippen LogP contribution in [0.25, 0.3) is 0 Å². The molecular formula is C15H24BrNO2. The highest BCUT2D eigenvalue weighted by molar-refractivity contribution is 9.10. The van der Waals surface area contributed by atoms with Gasteiger partial charge in [0.1, 0.15) is 5.75 Å². The molecular weight excluding hydrogens is 306 g/mol. The van der Waals surface area contributed by atoms with E-state index in [1.807, 2.05) is 12.1 Å². The van der Waals surface area contributed by atoms with Crippen LogP contribution in [0.2, 0.25) is 0 Å². The number of rotatable bonds is 8. The van der Waals surface area contributed by atoms with Crippen LogP contribution in [-0.2, 0) is 4.74 Å². The van der Waals surface area contributed by atoms with Gasteiger partial charge in [0, 0.05) is 10.0 Å². The summed E-state index contributed by atoms with van der Waals surface area (Å²) in [6.07, 6.45) is 1.32. The maximum atomic E-state index is 5.76. The summed E-state index contributed by atoms with van der Waals surface area (Å²) in [6.45, 7) is 7.87. The van der Waals surface area contributed by atoms with Crippen LogP contribution < -0.4 is 10.1 Å². The minimum Gasteiger partial charge on any atom is -0.496 e. The largest absolute Gasteiger partial charge is 0.496 e. The fourth-order valence-electron chi connectivity index (χ4n) is 1.84. The summed E-state index contributed by atoms with van der Waals surface area (Å²) in [5.41, 5.74) is 1.14. The number of halogens is 1. The molecule has 1 aromatic carbocycles. The maximum absolute atomic E-state index is 5.76. The molecule has 0 radical (unpaired) electrons. The van der Waals surface area contributed by atoms with Crippen LogP contribution >= 0.6 is 15.9 Å². The molecule has 0 heterocycles. The monoisotopic (exact) mass is 329 g/mol. The van der Waals surface area contributed by atoms with Crippen LogP contribution in [0.5, 0.6) is 5.75 Å². The van der Waals surface area contributed by atoms with Gasteiger partial charge in [-0.05, 0) is 38.9 Å². The van der Waals surface area contributed by atoms with Crippen molar-refractivity contribution < 1.29 is 9.47 Å². The van der Waals surface area contributed by atoms with Gasteiger partial charge < -0.3 is 14.8 Å². The van der Waals surface area contributed by atoms with Crippen molar-refractivity contribution in [3.8, 4) is 5.75 Å². The average Bonchev–Trinajstić information content (AvgIpc) is 2.39. The van der Waals surface area contributed by atoms with Gasteiger partial charge in [0.25, 0.3) is 0 Å². The van der Waals surface area contributed by atoms with Gasteiger partial charge in [-0.25, -0.2) is 0 Å². The number of ether oxygens (including phenoxy) is 2. The van der Waals surface area contributed by atoms with Crippen molar-refractivity contribution in [2.45, 2.75) is 39.3 Å². The number of nitrogens with one attached hydrogen (secondary N) is 1. The normalized spacial score (nSPS) is 12.7. The van der Waals surface area contributed by atoms with Crippen LogP contribution in [0.15, 0.2) is 22.7 Å². The van der Waals surface area contributed by atoms with Gasteiger partial charge in [0.15, 0.2) is 0 Å². The first-order valence-corrected chi connectivity index (χ1v) is 7.56. The van der Waals surface area contributed by atoms with E-state index in [0.29, 0.717) is 6.61 Å². The molecule has 0 aromatic heterocycles. The molecule has 0 aliphatic carbocycles. The SMILES string of the molecule is CCCNC(COC(C)C)c1ccc(Br)cc1OC. The van der Waals surface area contributed by atoms with E-state index in [-0.39, 0.29) is 12.1 Å². The van der Waals surface area contributed by atoms with E-state index in [0.717, 1.165) is 28.8 Å². The molecule has 4 heteroatoms. The third-order valence-electron chi connectivity index (χ3n) is 2.81. The van der Waals surface area contributed by atoms with E-state index < -0.39 is 0 Å². The van der Waals surface area contributed by atoms with E-state index in [2.05, 4.69) is 48.1 Å². The summed E-state index contributed by atoms with van der Waals surface area (Å²) in [4.78, 5) is 0. The highest BCUT2D eigenvalue weighted by atomic mass is 79.9. The molecule has 0 fully saturated rings. The molecule has 0 saturated carbocycles. The molecule has 0 saturated heterocycles. The van der Waals surface area contributed by atoms with Crippen LogP contribution in [0, 0.1) is 0 Å². The summed E-state index contributed by atoms with van der Waals surface area (Å²) in [5.74, 6) is 0.885. The predicted molar refractivity (Wildman–Crippen MR) is 82.8 cm³/mol. The molecule has 0 amide bonds. The molecule has 0 spiro atoms. The van der Waals surface area contributed by atoms with Crippen LogP contribution in [0.3, 0.4) is 0 Å². The molecule has 1 unspecified atom stereocenters. The van der Waals surface area contributed by atoms with Crippen LogP contribution in [-0.4, -0.2) is 26.4 Å². The molecule has 19 heavy (non-hydrogen) atoms. The third kappa shape index (κ3) is 5.51. The first-order chi connectivity index (χ1) is 9.08. The molecule has 0 aliphatic heterocycles. The summed E-state index contributed by atoms with van der Waals surface area (Å²) in [6, 6.07) is 6.27. The van der Waals surface area contributed by atoms with Crippen molar-refractivity contribution in [1.29, 1.82) is 0 Å². The zero-order valence-corrected chi connectivity index (χ0v) is 13.8. The lowest BCUT2D eigenvalue weighted by atomic mass is 10.1. The summed E-state index contributed by atoms with van der Waals surface area (Å²) < 4.78 is 12.2. The number of hydrogen-bond acceptors (Lipinski definition) is 3. The van der Waals surface area contributed by atoms with Gasteiger partial charge in [-0.3, -0.25) is 0 Å². The Labute approximate surface area is 124 Å². The molecule has 1 atom stereocenters. The molecule has 0 bridgehead atoms. The second-order valence-corrected chi connectivity index (χ2v) is 5.69. The molecule has 108 valence electrons. The number of methoxy groups -OCH3 is 1. The number of benzene rings is 1. The van der Waals surface area contributed by atoms with Crippen molar-refractivity contribution in [2.75, 3.05) is 20.3 Å². The Balaban J connectivity index is 2.88. The quantitative estimate of drug-likeness (QED) is 0.784. The van der Waals surface area contributed by atoms with Crippen LogP contribution in [0.4, 0.5) is 0 Å². The van der Waals surface area contributed by atoms with Crippen LogP contribution in [0.1, 0.15) is 38.8 Å². The maximum Gasteiger partial charge on any atom is 0.124 e. The van der Waals surface area contributed by atoms with E-state index in [1.54, 1.807) is 7.11 Å². The second-order valence-electron chi connectivity index (χ2n) is 4.78. The fraction of sp³-hybridized carbons (Fsp3) is 0.600. The van der Waals surface area contributed by atoms with Gasteiger partial charge in [-0.2, -0.15) is 0 Å². The highest BCUT2D eigenvalue weighted by Crippen LogP contribution is 2.29. The molecule has 3 nitrogen and oxygen atoms in total. The zero-order chi connectivity index (χ0) is 14.3. The lowest BCUT2D eigenvalue weighted by molar-refractivity contribution is 0.0606. The first kappa shape index (κ1) is 16.5. The smallest absolute Gasteiger partial charge is 0.124 e. The van der Waals surface area contributed by atoms with Crippen molar-refractivity contribution in [3.05, 3.63) is 28.2 Å². The molecule has 0 aliphatic rings. The lowest BCUT2D eigenvalue weighted by Gasteiger charge is -2.22. The minimum absolute atomic E-state index is 0.158. The summed E-state index contributed by atoms with van der Waals surface area (Å²) >= 11 is 3.47. The molecule has 1 N–H and O–H groups in total. The van der Waals surface area contributed by atoms with Gasteiger partial charge in [-0.15, -0.1) is 0 Å². The van der Waals surface area contributed by atoms with E-state index >= 15 is 0 Å². The first-order valence-electron chi connectivity index (χ1n) is 6.76. The summed E-state index contributed by atoms with van der Waals surface area (Å²) in [7, 11) is 1.70. The Morgan fingerprint density at radius 3 is 2.63 bits per heavy atom. The topological polar surface area (TPSA) is 30.5 Å². The molecule has 1 aromatic rings. The zero-order valence-electron chi connectivity index (χ0n) is 12.2. The predicted octanol–water partition coefficient (Wildman–Crippen LogP) is 3.92. The summed E-state index contributed by atoms with van der Waals surface area (Å²) in [5, 5.41) is 3.51. The Bertz CT molecular complexity index is 382. The molecule has 1 rings (SSSR count). The van der Waals surface area contributed by atoms with Gasteiger partial charge in [0.2, 0.25) is 0 Å². The Kier molecular flexibility index (Phi) is 7.42. The van der Waals surface area contributed by atoms with Crippen molar-refractivity contribution in [3.63, 3.8) is 0 Å². The van der Waals surface area contributed by atoms with Gasteiger partial charge >= 0.3 is 0 Å². The minimum atomic E-state index is 0.158. The lowest BCUT2D eigenvalue weighted by Crippen LogP contribution is -2.28. The fourth-order valence-corrected chi connectivity index (χ4v) is 2.18. The third-order valence-corrected chi connectivity index (χ3v) is 3.30. The van der Waals surface area contributed by atoms with Crippen molar-refractivity contribution >= 4 is 15.9 Å².